The van der Waals surface area contributed by atoms with Gasteiger partial charge in [-0.1, -0.05) is 56.2 Å². The molecule has 0 spiro atoms. The summed E-state index contributed by atoms with van der Waals surface area (Å²) in [4.78, 5) is 2.62. The van der Waals surface area contributed by atoms with E-state index < -0.39 is 0 Å². The summed E-state index contributed by atoms with van der Waals surface area (Å²) in [5, 5.41) is 0. The number of ether oxygens (including phenoxy) is 2. The first-order valence-electron chi connectivity index (χ1n) is 9.55. The van der Waals surface area contributed by atoms with E-state index in [4.69, 9.17) is 9.47 Å². The zero-order valence-electron chi connectivity index (χ0n) is 15.0. The van der Waals surface area contributed by atoms with Gasteiger partial charge >= 0.3 is 0 Å². The summed E-state index contributed by atoms with van der Waals surface area (Å²) in [7, 11) is 0. The third-order valence-electron chi connectivity index (χ3n) is 5.49. The highest BCUT2D eigenvalue weighted by atomic mass is 16.6. The van der Waals surface area contributed by atoms with Crippen molar-refractivity contribution < 1.29 is 9.47 Å². The molecule has 1 heterocycles. The first kappa shape index (κ1) is 16.5. The van der Waals surface area contributed by atoms with Gasteiger partial charge in [0.1, 0.15) is 6.61 Å². The second kappa shape index (κ2) is 7.49. The zero-order chi connectivity index (χ0) is 17.1. The smallest absolute Gasteiger partial charge is 0.162 e. The van der Waals surface area contributed by atoms with Gasteiger partial charge in [-0.05, 0) is 42.6 Å². The minimum absolute atomic E-state index is 0.0268. The van der Waals surface area contributed by atoms with Gasteiger partial charge in [0, 0.05) is 12.6 Å². The average Bonchev–Trinajstić information content (AvgIpc) is 3.21. The van der Waals surface area contributed by atoms with Crippen LogP contribution >= 0.6 is 0 Å². The summed E-state index contributed by atoms with van der Waals surface area (Å²) in [6, 6.07) is 17.5. The Morgan fingerprint density at radius 2 is 1.68 bits per heavy atom. The first-order chi connectivity index (χ1) is 12.3. The summed E-state index contributed by atoms with van der Waals surface area (Å²) in [5.74, 6) is 1.67. The maximum absolute atomic E-state index is 6.11. The average molecular weight is 337 g/mol. The fraction of sp³-hybridized carbons (Fsp3) is 0.455. The fourth-order valence-electron chi connectivity index (χ4n) is 4.02. The fourth-order valence-corrected chi connectivity index (χ4v) is 4.02. The van der Waals surface area contributed by atoms with Crippen LogP contribution in [0.1, 0.15) is 49.8 Å². The van der Waals surface area contributed by atoms with Crippen LogP contribution in [0.4, 0.5) is 0 Å². The molecular weight excluding hydrogens is 310 g/mol. The van der Waals surface area contributed by atoms with Crippen molar-refractivity contribution in [2.75, 3.05) is 13.2 Å². The van der Waals surface area contributed by atoms with Gasteiger partial charge in [-0.15, -0.1) is 0 Å². The molecule has 3 heteroatoms. The van der Waals surface area contributed by atoms with E-state index in [1.54, 1.807) is 0 Å². The van der Waals surface area contributed by atoms with E-state index >= 15 is 0 Å². The van der Waals surface area contributed by atoms with Crippen LogP contribution in [0.5, 0.6) is 11.5 Å². The number of nitrogens with zero attached hydrogens (tertiary/aromatic N) is 1. The van der Waals surface area contributed by atoms with Gasteiger partial charge in [-0.2, -0.15) is 0 Å². The van der Waals surface area contributed by atoms with Gasteiger partial charge in [0.15, 0.2) is 17.6 Å². The zero-order valence-corrected chi connectivity index (χ0v) is 15.0. The lowest BCUT2D eigenvalue weighted by Gasteiger charge is -2.28. The molecule has 0 radical (unpaired) electrons. The van der Waals surface area contributed by atoms with Crippen molar-refractivity contribution in [3.05, 3.63) is 59.7 Å². The summed E-state index contributed by atoms with van der Waals surface area (Å²) in [6.07, 6.45) is 5.47. The Morgan fingerprint density at radius 1 is 0.960 bits per heavy atom. The van der Waals surface area contributed by atoms with Crippen LogP contribution in [0.3, 0.4) is 0 Å². The lowest BCUT2D eigenvalue weighted by molar-refractivity contribution is 0.0912. The Bertz CT molecular complexity index is 691. The predicted molar refractivity (Wildman–Crippen MR) is 100 cm³/mol. The molecule has 0 amide bonds. The van der Waals surface area contributed by atoms with E-state index in [1.807, 2.05) is 24.3 Å². The van der Waals surface area contributed by atoms with Gasteiger partial charge in [0.25, 0.3) is 0 Å². The lowest BCUT2D eigenvalue weighted by Crippen LogP contribution is -2.32. The van der Waals surface area contributed by atoms with Crippen LogP contribution in [0.15, 0.2) is 48.5 Å². The standard InChI is InChI=1S/C22H27NO2/c1-2-23(19-7-3-4-8-19)15-17-11-13-18(14-12-17)22-16-24-20-9-5-6-10-21(20)25-22/h5-6,9-14,19,22H,2-4,7-8,15-16H2,1H3. The highest BCUT2D eigenvalue weighted by molar-refractivity contribution is 5.41. The molecule has 1 aliphatic carbocycles. The molecule has 1 saturated carbocycles. The van der Waals surface area contributed by atoms with Crippen molar-refractivity contribution in [1.82, 2.24) is 4.90 Å². The molecule has 2 aliphatic rings. The number of benzene rings is 2. The van der Waals surface area contributed by atoms with Crippen LogP contribution in [-0.4, -0.2) is 24.1 Å². The molecule has 1 aliphatic heterocycles. The van der Waals surface area contributed by atoms with E-state index in [0.717, 1.165) is 30.6 Å². The largest absolute Gasteiger partial charge is 0.485 e. The summed E-state index contributed by atoms with van der Waals surface area (Å²) < 4.78 is 11.9. The monoisotopic (exact) mass is 337 g/mol. The Labute approximate surface area is 150 Å². The van der Waals surface area contributed by atoms with E-state index in [0.29, 0.717) is 6.61 Å². The number of hydrogen-bond donors (Lipinski definition) is 0. The van der Waals surface area contributed by atoms with Crippen LogP contribution < -0.4 is 9.47 Å². The van der Waals surface area contributed by atoms with Crippen LogP contribution in [0.2, 0.25) is 0 Å². The van der Waals surface area contributed by atoms with Crippen molar-refractivity contribution in [2.45, 2.75) is 51.3 Å². The molecule has 0 bridgehead atoms. The Balaban J connectivity index is 1.42. The van der Waals surface area contributed by atoms with Crippen molar-refractivity contribution >= 4 is 0 Å². The Kier molecular flexibility index (Phi) is 4.93. The Morgan fingerprint density at radius 3 is 2.40 bits per heavy atom. The SMILES string of the molecule is CCN(Cc1ccc(C2COc3ccccc3O2)cc1)C1CCCC1. The van der Waals surface area contributed by atoms with E-state index in [1.165, 1.54) is 36.8 Å². The lowest BCUT2D eigenvalue weighted by atomic mass is 10.1. The molecule has 0 aromatic heterocycles. The number of rotatable bonds is 5. The third kappa shape index (κ3) is 3.67. The maximum Gasteiger partial charge on any atom is 0.162 e. The minimum Gasteiger partial charge on any atom is -0.485 e. The number of para-hydroxylation sites is 2. The van der Waals surface area contributed by atoms with Crippen LogP contribution in [-0.2, 0) is 6.54 Å². The van der Waals surface area contributed by atoms with Crippen LogP contribution in [0.25, 0.3) is 0 Å². The van der Waals surface area contributed by atoms with Gasteiger partial charge in [-0.3, -0.25) is 4.90 Å². The molecule has 0 N–H and O–H groups in total. The predicted octanol–water partition coefficient (Wildman–Crippen LogP) is 4.96. The number of fused-ring (bicyclic) bond motifs is 1. The number of hydrogen-bond acceptors (Lipinski definition) is 3. The molecule has 2 aromatic rings. The van der Waals surface area contributed by atoms with Gasteiger partial charge in [-0.25, -0.2) is 0 Å². The molecule has 1 fully saturated rings. The highest BCUT2D eigenvalue weighted by Gasteiger charge is 2.23. The van der Waals surface area contributed by atoms with E-state index in [-0.39, 0.29) is 6.10 Å². The second-order valence-corrected chi connectivity index (χ2v) is 7.11. The van der Waals surface area contributed by atoms with Crippen molar-refractivity contribution in [3.8, 4) is 11.5 Å². The van der Waals surface area contributed by atoms with Crippen molar-refractivity contribution in [1.29, 1.82) is 0 Å². The van der Waals surface area contributed by atoms with Crippen molar-refractivity contribution in [2.24, 2.45) is 0 Å². The normalized spacial score (nSPS) is 20.2. The second-order valence-electron chi connectivity index (χ2n) is 7.11. The molecular formula is C22H27NO2. The minimum atomic E-state index is -0.0268. The molecule has 132 valence electrons. The van der Waals surface area contributed by atoms with Gasteiger partial charge in [0.05, 0.1) is 0 Å². The van der Waals surface area contributed by atoms with Crippen LogP contribution in [0, 0.1) is 0 Å². The summed E-state index contributed by atoms with van der Waals surface area (Å²) in [6.45, 7) is 5.02. The van der Waals surface area contributed by atoms with Crippen molar-refractivity contribution in [3.63, 3.8) is 0 Å². The highest BCUT2D eigenvalue weighted by Crippen LogP contribution is 2.36. The van der Waals surface area contributed by atoms with E-state index in [9.17, 15) is 0 Å². The van der Waals surface area contributed by atoms with Gasteiger partial charge < -0.3 is 9.47 Å². The topological polar surface area (TPSA) is 21.7 Å². The maximum atomic E-state index is 6.11. The molecule has 2 aromatic carbocycles. The molecule has 1 unspecified atom stereocenters. The first-order valence-corrected chi connectivity index (χ1v) is 9.55. The molecule has 25 heavy (non-hydrogen) atoms. The molecule has 0 saturated heterocycles. The molecule has 3 nitrogen and oxygen atoms in total. The molecule has 4 rings (SSSR count). The quantitative estimate of drug-likeness (QED) is 0.769. The van der Waals surface area contributed by atoms with Gasteiger partial charge in [0.2, 0.25) is 0 Å². The summed E-state index contributed by atoms with van der Waals surface area (Å²) >= 11 is 0. The molecule has 1 atom stereocenters. The summed E-state index contributed by atoms with van der Waals surface area (Å²) in [5.41, 5.74) is 2.57. The Hall–Kier alpha value is -2.00. The third-order valence-corrected chi connectivity index (χ3v) is 5.49. The van der Waals surface area contributed by atoms with E-state index in [2.05, 4.69) is 36.1 Å².